The van der Waals surface area contributed by atoms with E-state index in [2.05, 4.69) is 16.0 Å². The normalized spacial score (nSPS) is 13.9. The van der Waals surface area contributed by atoms with Crippen LogP contribution in [0.2, 0.25) is 0 Å². The standard InChI is InChI=1S/C25H31N5O7/c26-17(13-21(27)32)22(33)28-18(11-15-7-3-1-4-8-15)23(34)30-20(14-31)24(35)29-19(25(36)37)12-16-9-5-2-6-10-16/h1-10,17-20,31H,11-14,26H2,(H2,27,32)(H,28,33)(H,29,35)(H,30,34)(H,36,37). The van der Waals surface area contributed by atoms with E-state index in [1.54, 1.807) is 60.7 Å². The number of carbonyl (C=O) groups is 5. The number of carboxylic acids is 1. The molecule has 4 atom stereocenters. The molecule has 12 nitrogen and oxygen atoms in total. The molecule has 0 radical (unpaired) electrons. The van der Waals surface area contributed by atoms with Gasteiger partial charge in [0.25, 0.3) is 0 Å². The fraction of sp³-hybridized carbons (Fsp3) is 0.320. The Balaban J connectivity index is 2.13. The molecule has 4 amide bonds. The van der Waals surface area contributed by atoms with Crippen LogP contribution >= 0.6 is 0 Å². The SMILES string of the molecule is NC(=O)CC(N)C(=O)NC(Cc1ccccc1)C(=O)NC(CO)C(=O)NC(Cc1ccccc1)C(=O)O. The van der Waals surface area contributed by atoms with Crippen molar-refractivity contribution in [2.24, 2.45) is 11.5 Å². The first-order chi connectivity index (χ1) is 17.6. The van der Waals surface area contributed by atoms with Crippen LogP contribution in [0.5, 0.6) is 0 Å². The number of nitrogens with one attached hydrogen (secondary N) is 3. The summed E-state index contributed by atoms with van der Waals surface area (Å²) >= 11 is 0. The van der Waals surface area contributed by atoms with Crippen LogP contribution in [-0.4, -0.2) is 70.6 Å². The van der Waals surface area contributed by atoms with E-state index in [0.717, 1.165) is 0 Å². The molecule has 4 unspecified atom stereocenters. The van der Waals surface area contributed by atoms with E-state index >= 15 is 0 Å². The molecule has 0 bridgehead atoms. The Morgan fingerprint density at radius 1 is 0.703 bits per heavy atom. The maximum atomic E-state index is 13.0. The van der Waals surface area contributed by atoms with Gasteiger partial charge < -0.3 is 37.6 Å². The number of carbonyl (C=O) groups excluding carboxylic acids is 4. The molecule has 9 N–H and O–H groups in total. The van der Waals surface area contributed by atoms with E-state index in [1.807, 2.05) is 0 Å². The van der Waals surface area contributed by atoms with Crippen LogP contribution in [-0.2, 0) is 36.8 Å². The summed E-state index contributed by atoms with van der Waals surface area (Å²) in [5.41, 5.74) is 12.1. The van der Waals surface area contributed by atoms with E-state index in [-0.39, 0.29) is 12.8 Å². The zero-order chi connectivity index (χ0) is 27.4. The Hall–Kier alpha value is -4.29. The maximum Gasteiger partial charge on any atom is 0.326 e. The van der Waals surface area contributed by atoms with Crippen molar-refractivity contribution in [3.05, 3.63) is 71.8 Å². The fourth-order valence-electron chi connectivity index (χ4n) is 3.44. The summed E-state index contributed by atoms with van der Waals surface area (Å²) in [6.45, 7) is -0.831. The van der Waals surface area contributed by atoms with Gasteiger partial charge >= 0.3 is 5.97 Å². The minimum absolute atomic E-state index is 0.00717. The lowest BCUT2D eigenvalue weighted by Gasteiger charge is -2.24. The molecule has 0 aliphatic heterocycles. The number of aliphatic hydroxyl groups excluding tert-OH is 1. The predicted molar refractivity (Wildman–Crippen MR) is 133 cm³/mol. The molecule has 2 aromatic rings. The molecule has 0 heterocycles. The summed E-state index contributed by atoms with van der Waals surface area (Å²) in [6.07, 6.45) is -0.448. The van der Waals surface area contributed by atoms with Gasteiger partial charge in [-0.15, -0.1) is 0 Å². The molecule has 37 heavy (non-hydrogen) atoms. The van der Waals surface area contributed by atoms with Gasteiger partial charge in [0.05, 0.1) is 19.1 Å². The van der Waals surface area contributed by atoms with Gasteiger partial charge in [0.15, 0.2) is 0 Å². The van der Waals surface area contributed by atoms with Gasteiger partial charge in [0, 0.05) is 12.8 Å². The van der Waals surface area contributed by atoms with E-state index in [1.165, 1.54) is 0 Å². The zero-order valence-electron chi connectivity index (χ0n) is 20.0. The topological polar surface area (TPSA) is 214 Å². The van der Waals surface area contributed by atoms with Crippen molar-refractivity contribution < 1.29 is 34.2 Å². The fourth-order valence-corrected chi connectivity index (χ4v) is 3.44. The van der Waals surface area contributed by atoms with Crippen LogP contribution in [0, 0.1) is 0 Å². The number of carboxylic acid groups (broad SMARTS) is 1. The summed E-state index contributed by atoms with van der Waals surface area (Å²) in [5.74, 6) is -4.65. The molecule has 0 saturated carbocycles. The molecule has 0 aliphatic rings. The smallest absolute Gasteiger partial charge is 0.326 e. The van der Waals surface area contributed by atoms with Crippen molar-refractivity contribution in [1.82, 2.24) is 16.0 Å². The highest BCUT2D eigenvalue weighted by Gasteiger charge is 2.30. The summed E-state index contributed by atoms with van der Waals surface area (Å²) in [5, 5.41) is 26.4. The molecule has 12 heteroatoms. The second-order valence-electron chi connectivity index (χ2n) is 8.36. The van der Waals surface area contributed by atoms with Crippen molar-refractivity contribution in [1.29, 1.82) is 0 Å². The Morgan fingerprint density at radius 2 is 1.14 bits per heavy atom. The monoisotopic (exact) mass is 513 g/mol. The molecule has 0 fully saturated rings. The number of rotatable bonds is 14. The number of nitrogens with two attached hydrogens (primary N) is 2. The summed E-state index contributed by atoms with van der Waals surface area (Å²) < 4.78 is 0. The highest BCUT2D eigenvalue weighted by atomic mass is 16.4. The Morgan fingerprint density at radius 3 is 1.59 bits per heavy atom. The Kier molecular flexibility index (Phi) is 11.2. The van der Waals surface area contributed by atoms with Crippen molar-refractivity contribution >= 4 is 29.6 Å². The highest BCUT2D eigenvalue weighted by molar-refractivity contribution is 5.95. The molecular formula is C25H31N5O7. The molecule has 2 rings (SSSR count). The summed E-state index contributed by atoms with van der Waals surface area (Å²) in [7, 11) is 0. The first kappa shape index (κ1) is 28.9. The average molecular weight is 514 g/mol. The molecule has 2 aromatic carbocycles. The van der Waals surface area contributed by atoms with Gasteiger partial charge in [0.1, 0.15) is 18.1 Å². The third kappa shape index (κ3) is 9.70. The first-order valence-corrected chi connectivity index (χ1v) is 11.5. The Labute approximate surface area is 213 Å². The number of amides is 4. The molecule has 0 aromatic heterocycles. The third-order valence-electron chi connectivity index (χ3n) is 5.39. The number of hydrogen-bond donors (Lipinski definition) is 7. The van der Waals surface area contributed by atoms with Crippen LogP contribution in [0.3, 0.4) is 0 Å². The zero-order valence-corrected chi connectivity index (χ0v) is 20.0. The minimum atomic E-state index is -1.50. The van der Waals surface area contributed by atoms with Crippen LogP contribution in [0.15, 0.2) is 60.7 Å². The van der Waals surface area contributed by atoms with Crippen LogP contribution in [0.1, 0.15) is 17.5 Å². The van der Waals surface area contributed by atoms with Crippen molar-refractivity contribution in [3.63, 3.8) is 0 Å². The number of primary amides is 1. The van der Waals surface area contributed by atoms with Crippen molar-refractivity contribution in [3.8, 4) is 0 Å². The van der Waals surface area contributed by atoms with Gasteiger partial charge in [-0.1, -0.05) is 60.7 Å². The van der Waals surface area contributed by atoms with Crippen LogP contribution in [0.25, 0.3) is 0 Å². The molecule has 0 spiro atoms. The van der Waals surface area contributed by atoms with E-state index in [9.17, 15) is 34.2 Å². The van der Waals surface area contributed by atoms with Gasteiger partial charge in [-0.2, -0.15) is 0 Å². The quantitative estimate of drug-likeness (QED) is 0.153. The lowest BCUT2D eigenvalue weighted by molar-refractivity contribution is -0.142. The molecule has 0 saturated heterocycles. The van der Waals surface area contributed by atoms with E-state index in [4.69, 9.17) is 11.5 Å². The van der Waals surface area contributed by atoms with Crippen LogP contribution < -0.4 is 27.4 Å². The van der Waals surface area contributed by atoms with Gasteiger partial charge in [0.2, 0.25) is 23.6 Å². The highest BCUT2D eigenvalue weighted by Crippen LogP contribution is 2.06. The predicted octanol–water partition coefficient (Wildman–Crippen LogP) is -1.79. The summed E-state index contributed by atoms with van der Waals surface area (Å²) in [4.78, 5) is 61.0. The number of hydrogen-bond acceptors (Lipinski definition) is 7. The second-order valence-corrected chi connectivity index (χ2v) is 8.36. The molecule has 198 valence electrons. The van der Waals surface area contributed by atoms with Gasteiger partial charge in [-0.3, -0.25) is 19.2 Å². The average Bonchev–Trinajstić information content (AvgIpc) is 2.86. The van der Waals surface area contributed by atoms with Gasteiger partial charge in [-0.25, -0.2) is 4.79 Å². The minimum Gasteiger partial charge on any atom is -0.480 e. The number of aliphatic carboxylic acids is 1. The first-order valence-electron chi connectivity index (χ1n) is 11.5. The molecular weight excluding hydrogens is 482 g/mol. The van der Waals surface area contributed by atoms with Gasteiger partial charge in [-0.05, 0) is 11.1 Å². The maximum absolute atomic E-state index is 13.0. The van der Waals surface area contributed by atoms with E-state index in [0.29, 0.717) is 11.1 Å². The number of benzene rings is 2. The Bertz CT molecular complexity index is 1080. The molecule has 0 aliphatic carbocycles. The van der Waals surface area contributed by atoms with E-state index < -0.39 is 66.8 Å². The second kappa shape index (κ2) is 14.3. The van der Waals surface area contributed by atoms with Crippen molar-refractivity contribution in [2.45, 2.75) is 43.4 Å². The third-order valence-corrected chi connectivity index (χ3v) is 5.39. The lowest BCUT2D eigenvalue weighted by atomic mass is 10.0. The summed E-state index contributed by atoms with van der Waals surface area (Å²) in [6, 6.07) is 11.9. The number of aliphatic hydroxyl groups is 1. The van der Waals surface area contributed by atoms with Crippen molar-refractivity contribution in [2.75, 3.05) is 6.61 Å². The lowest BCUT2D eigenvalue weighted by Crippen LogP contribution is -2.58. The van der Waals surface area contributed by atoms with Crippen LogP contribution in [0.4, 0.5) is 0 Å². The largest absolute Gasteiger partial charge is 0.480 e.